The number of aliphatic hydroxyl groups excluding tert-OH is 1. The summed E-state index contributed by atoms with van der Waals surface area (Å²) in [6, 6.07) is 3.19. The molecule has 1 fully saturated rings. The number of rotatable bonds is 5. The molecule has 0 bridgehead atoms. The van der Waals surface area contributed by atoms with Crippen LogP contribution in [0.25, 0.3) is 0 Å². The van der Waals surface area contributed by atoms with Crippen LogP contribution < -0.4 is 4.90 Å². The van der Waals surface area contributed by atoms with Gasteiger partial charge in [-0.1, -0.05) is 6.08 Å². The van der Waals surface area contributed by atoms with Crippen LogP contribution in [0.1, 0.15) is 29.6 Å². The minimum Gasteiger partial charge on any atom is -0.478 e. The van der Waals surface area contributed by atoms with Crippen molar-refractivity contribution in [3.63, 3.8) is 0 Å². The molecule has 0 aliphatic carbocycles. The maximum Gasteiger partial charge on any atom is 0.339 e. The van der Waals surface area contributed by atoms with Crippen molar-refractivity contribution in [3.8, 4) is 0 Å². The number of aliphatic hydroxyl groups is 1. The number of allylic oxidation sites excluding steroid dienone is 1. The summed E-state index contributed by atoms with van der Waals surface area (Å²) in [4.78, 5) is 17.5. The van der Waals surface area contributed by atoms with Crippen LogP contribution in [0, 0.1) is 5.41 Å². The van der Waals surface area contributed by atoms with E-state index in [9.17, 15) is 15.0 Å². The van der Waals surface area contributed by atoms with Crippen LogP contribution in [0.4, 0.5) is 5.82 Å². The molecule has 5 nitrogen and oxygen atoms in total. The second kappa shape index (κ2) is 6.05. The number of anilines is 1. The van der Waals surface area contributed by atoms with Crippen molar-refractivity contribution in [2.45, 2.75) is 19.3 Å². The Balaban J connectivity index is 2.29. The Morgan fingerprint density at radius 2 is 2.40 bits per heavy atom. The molecule has 0 amide bonds. The van der Waals surface area contributed by atoms with Crippen LogP contribution in [-0.4, -0.2) is 40.9 Å². The van der Waals surface area contributed by atoms with Crippen LogP contribution in [-0.2, 0) is 0 Å². The van der Waals surface area contributed by atoms with Crippen LogP contribution in [0.15, 0.2) is 31.0 Å². The zero-order valence-corrected chi connectivity index (χ0v) is 11.5. The molecule has 2 rings (SSSR count). The van der Waals surface area contributed by atoms with E-state index < -0.39 is 5.97 Å². The number of carbonyl (C=O) groups is 1. The quantitative estimate of drug-likeness (QED) is 0.804. The van der Waals surface area contributed by atoms with Crippen molar-refractivity contribution < 1.29 is 15.0 Å². The highest BCUT2D eigenvalue weighted by atomic mass is 16.4. The highest BCUT2D eigenvalue weighted by molar-refractivity contribution is 5.93. The van der Waals surface area contributed by atoms with E-state index in [1.807, 2.05) is 11.0 Å². The predicted molar refractivity (Wildman–Crippen MR) is 77.0 cm³/mol. The standard InChI is InChI=1S/C15H20N2O3/c1-2-6-15(11-18)7-4-9-17(10-15)13-12(14(19)20)5-3-8-16-13/h2-3,5,8,18H,1,4,6-7,9-11H2,(H,19,20). The molecule has 108 valence electrons. The topological polar surface area (TPSA) is 73.7 Å². The number of aromatic carboxylic acids is 1. The monoisotopic (exact) mass is 276 g/mol. The summed E-state index contributed by atoms with van der Waals surface area (Å²) in [5, 5.41) is 19.0. The van der Waals surface area contributed by atoms with Crippen LogP contribution in [0.5, 0.6) is 0 Å². The highest BCUT2D eigenvalue weighted by Crippen LogP contribution is 2.35. The lowest BCUT2D eigenvalue weighted by atomic mass is 9.78. The van der Waals surface area contributed by atoms with Crippen LogP contribution in [0.3, 0.4) is 0 Å². The number of piperidine rings is 1. The first-order valence-electron chi connectivity index (χ1n) is 6.77. The minimum absolute atomic E-state index is 0.0742. The molecule has 1 aromatic rings. The normalized spacial score (nSPS) is 22.6. The van der Waals surface area contributed by atoms with E-state index in [0.29, 0.717) is 12.4 Å². The van der Waals surface area contributed by atoms with Gasteiger partial charge >= 0.3 is 5.97 Å². The Kier molecular flexibility index (Phi) is 4.39. The molecule has 1 unspecified atom stereocenters. The Labute approximate surface area is 118 Å². The summed E-state index contributed by atoms with van der Waals surface area (Å²) in [7, 11) is 0. The fourth-order valence-corrected chi connectivity index (χ4v) is 2.87. The largest absolute Gasteiger partial charge is 0.478 e. The van der Waals surface area contributed by atoms with Crippen molar-refractivity contribution in [3.05, 3.63) is 36.5 Å². The number of pyridine rings is 1. The first-order valence-corrected chi connectivity index (χ1v) is 6.77. The number of carboxylic acids is 1. The van der Waals surface area contributed by atoms with Crippen molar-refractivity contribution in [1.82, 2.24) is 4.98 Å². The van der Waals surface area contributed by atoms with Crippen molar-refractivity contribution in [2.75, 3.05) is 24.6 Å². The SMILES string of the molecule is C=CCC1(CO)CCCN(c2ncccc2C(=O)O)C1. The summed E-state index contributed by atoms with van der Waals surface area (Å²) in [6.07, 6.45) is 5.96. The van der Waals surface area contributed by atoms with Gasteiger partial charge in [0.25, 0.3) is 0 Å². The van der Waals surface area contributed by atoms with E-state index in [2.05, 4.69) is 11.6 Å². The molecule has 2 N–H and O–H groups in total. The number of carboxylic acid groups (broad SMARTS) is 1. The van der Waals surface area contributed by atoms with E-state index in [4.69, 9.17) is 0 Å². The smallest absolute Gasteiger partial charge is 0.339 e. The van der Waals surface area contributed by atoms with Gasteiger partial charge < -0.3 is 15.1 Å². The molecule has 2 heterocycles. The van der Waals surface area contributed by atoms with Gasteiger partial charge in [0, 0.05) is 24.7 Å². The van der Waals surface area contributed by atoms with Gasteiger partial charge in [0.2, 0.25) is 0 Å². The molecule has 1 atom stereocenters. The van der Waals surface area contributed by atoms with Gasteiger partial charge in [0.05, 0.1) is 6.61 Å². The third-order valence-corrected chi connectivity index (χ3v) is 3.89. The summed E-state index contributed by atoms with van der Waals surface area (Å²) in [5.41, 5.74) is -0.0346. The van der Waals surface area contributed by atoms with Gasteiger partial charge in [-0.3, -0.25) is 0 Å². The summed E-state index contributed by atoms with van der Waals surface area (Å²) < 4.78 is 0. The number of hydrogen-bond donors (Lipinski definition) is 2. The Morgan fingerprint density at radius 3 is 3.05 bits per heavy atom. The van der Waals surface area contributed by atoms with E-state index in [0.717, 1.165) is 25.8 Å². The van der Waals surface area contributed by atoms with E-state index in [-0.39, 0.29) is 17.6 Å². The van der Waals surface area contributed by atoms with Crippen LogP contribution in [0.2, 0.25) is 0 Å². The predicted octanol–water partition coefficient (Wildman–Crippen LogP) is 1.93. The van der Waals surface area contributed by atoms with Crippen LogP contribution >= 0.6 is 0 Å². The number of aromatic nitrogens is 1. The molecule has 1 aromatic heterocycles. The molecule has 1 aliphatic heterocycles. The zero-order chi connectivity index (χ0) is 14.6. The third kappa shape index (κ3) is 2.82. The first-order chi connectivity index (χ1) is 9.62. The van der Waals surface area contributed by atoms with Gasteiger partial charge in [-0.15, -0.1) is 6.58 Å². The lowest BCUT2D eigenvalue weighted by Gasteiger charge is -2.42. The number of hydrogen-bond acceptors (Lipinski definition) is 4. The molecule has 1 saturated heterocycles. The fourth-order valence-electron chi connectivity index (χ4n) is 2.87. The summed E-state index contributed by atoms with van der Waals surface area (Å²) in [6.45, 7) is 5.19. The number of nitrogens with zero attached hydrogens (tertiary/aromatic N) is 2. The highest BCUT2D eigenvalue weighted by Gasteiger charge is 2.35. The maximum atomic E-state index is 11.3. The Morgan fingerprint density at radius 1 is 1.60 bits per heavy atom. The molecule has 1 aliphatic rings. The van der Waals surface area contributed by atoms with Gasteiger partial charge in [-0.05, 0) is 31.4 Å². The molecular weight excluding hydrogens is 256 g/mol. The van der Waals surface area contributed by atoms with E-state index in [1.54, 1.807) is 18.3 Å². The Bertz CT molecular complexity index is 504. The lowest BCUT2D eigenvalue weighted by Crippen LogP contribution is -2.46. The van der Waals surface area contributed by atoms with Crippen molar-refractivity contribution in [1.29, 1.82) is 0 Å². The second-order valence-corrected chi connectivity index (χ2v) is 5.36. The molecule has 0 radical (unpaired) electrons. The molecule has 20 heavy (non-hydrogen) atoms. The van der Waals surface area contributed by atoms with Gasteiger partial charge in [0.15, 0.2) is 0 Å². The zero-order valence-electron chi connectivity index (χ0n) is 11.5. The van der Waals surface area contributed by atoms with E-state index >= 15 is 0 Å². The van der Waals surface area contributed by atoms with Gasteiger partial charge in [-0.2, -0.15) is 0 Å². The van der Waals surface area contributed by atoms with Gasteiger partial charge in [0.1, 0.15) is 11.4 Å². The Hall–Kier alpha value is -1.88. The molecule has 0 spiro atoms. The maximum absolute atomic E-state index is 11.3. The summed E-state index contributed by atoms with van der Waals surface area (Å²) >= 11 is 0. The molecular formula is C15H20N2O3. The molecule has 0 aromatic carbocycles. The average molecular weight is 276 g/mol. The first kappa shape index (κ1) is 14.5. The van der Waals surface area contributed by atoms with Crippen molar-refractivity contribution >= 4 is 11.8 Å². The molecule has 0 saturated carbocycles. The van der Waals surface area contributed by atoms with E-state index in [1.165, 1.54) is 0 Å². The fraction of sp³-hybridized carbons (Fsp3) is 0.467. The van der Waals surface area contributed by atoms with Gasteiger partial charge in [-0.25, -0.2) is 9.78 Å². The minimum atomic E-state index is -0.975. The lowest BCUT2D eigenvalue weighted by molar-refractivity contribution is 0.0696. The third-order valence-electron chi connectivity index (χ3n) is 3.89. The second-order valence-electron chi connectivity index (χ2n) is 5.36. The van der Waals surface area contributed by atoms with Crippen molar-refractivity contribution in [2.24, 2.45) is 5.41 Å². The summed E-state index contributed by atoms with van der Waals surface area (Å²) in [5.74, 6) is -0.487. The molecule has 5 heteroatoms. The average Bonchev–Trinajstić information content (AvgIpc) is 2.48.